The summed E-state index contributed by atoms with van der Waals surface area (Å²) < 4.78 is 0. The number of nitrogens with zero attached hydrogens (tertiary/aromatic N) is 1. The van der Waals surface area contributed by atoms with Crippen molar-refractivity contribution in [2.24, 2.45) is 10.9 Å². The number of benzene rings is 1. The van der Waals surface area contributed by atoms with Crippen LogP contribution in [0.15, 0.2) is 23.2 Å². The number of ketones is 1. The van der Waals surface area contributed by atoms with Crippen molar-refractivity contribution in [2.45, 2.75) is 64.3 Å². The molecule has 1 aromatic carbocycles. The molecule has 0 amide bonds. The summed E-state index contributed by atoms with van der Waals surface area (Å²) in [5.41, 5.74) is 2.85. The molecular formula is C19H25NO2. The zero-order valence-electron chi connectivity index (χ0n) is 13.6. The molecule has 0 bridgehead atoms. The summed E-state index contributed by atoms with van der Waals surface area (Å²) in [6, 6.07) is 5.42. The smallest absolute Gasteiger partial charge is 0.141 e. The number of carbonyl (C=O) groups excluding carboxylic acids is 1. The molecule has 1 saturated carbocycles. The third-order valence-electron chi connectivity index (χ3n) is 4.86. The Labute approximate surface area is 132 Å². The summed E-state index contributed by atoms with van der Waals surface area (Å²) in [6.45, 7) is 4.18. The van der Waals surface area contributed by atoms with Crippen molar-refractivity contribution in [1.29, 1.82) is 0 Å². The first-order chi connectivity index (χ1) is 10.4. The molecule has 1 fully saturated rings. The molecule has 2 aliphatic rings. The highest BCUT2D eigenvalue weighted by molar-refractivity contribution is 6.13. The molecule has 0 aromatic heterocycles. The van der Waals surface area contributed by atoms with Gasteiger partial charge in [0.05, 0.1) is 11.3 Å². The van der Waals surface area contributed by atoms with E-state index in [0.29, 0.717) is 12.2 Å². The van der Waals surface area contributed by atoms with E-state index in [9.17, 15) is 9.90 Å². The summed E-state index contributed by atoms with van der Waals surface area (Å²) in [4.78, 5) is 17.5. The fourth-order valence-electron chi connectivity index (χ4n) is 3.81. The van der Waals surface area contributed by atoms with Gasteiger partial charge in [0, 0.05) is 12.3 Å². The molecule has 0 spiro atoms. The largest absolute Gasteiger partial charge is 0.508 e. The van der Waals surface area contributed by atoms with Crippen molar-refractivity contribution in [2.75, 3.05) is 0 Å². The quantitative estimate of drug-likeness (QED) is 0.915. The van der Waals surface area contributed by atoms with Crippen LogP contribution in [-0.4, -0.2) is 22.1 Å². The molecule has 0 radical (unpaired) electrons. The summed E-state index contributed by atoms with van der Waals surface area (Å²) in [6.07, 6.45) is 6.94. The number of phenolic OH excluding ortho intramolecular Hbond substituents is 1. The van der Waals surface area contributed by atoms with Crippen LogP contribution in [0.3, 0.4) is 0 Å². The Hall–Kier alpha value is -1.64. The van der Waals surface area contributed by atoms with Crippen molar-refractivity contribution in [1.82, 2.24) is 0 Å². The van der Waals surface area contributed by atoms with Crippen LogP contribution in [0, 0.1) is 5.92 Å². The molecule has 3 rings (SSSR count). The molecule has 0 saturated heterocycles. The number of rotatable bonds is 3. The van der Waals surface area contributed by atoms with Gasteiger partial charge in [-0.15, -0.1) is 0 Å². The van der Waals surface area contributed by atoms with E-state index in [2.05, 4.69) is 13.8 Å². The van der Waals surface area contributed by atoms with Gasteiger partial charge in [0.15, 0.2) is 0 Å². The molecular weight excluding hydrogens is 274 g/mol. The highest BCUT2D eigenvalue weighted by Crippen LogP contribution is 2.32. The third-order valence-corrected chi connectivity index (χ3v) is 4.86. The zero-order chi connectivity index (χ0) is 15.7. The van der Waals surface area contributed by atoms with Gasteiger partial charge in [-0.3, -0.25) is 9.79 Å². The van der Waals surface area contributed by atoms with Crippen LogP contribution in [0.4, 0.5) is 0 Å². The van der Waals surface area contributed by atoms with Crippen LogP contribution in [0.5, 0.6) is 5.75 Å². The topological polar surface area (TPSA) is 49.7 Å². The maximum atomic E-state index is 12.6. The van der Waals surface area contributed by atoms with E-state index in [1.165, 1.54) is 19.3 Å². The first kappa shape index (κ1) is 15.3. The number of hydrogen-bond acceptors (Lipinski definition) is 3. The Morgan fingerprint density at radius 1 is 1.27 bits per heavy atom. The molecule has 3 nitrogen and oxygen atoms in total. The summed E-state index contributed by atoms with van der Waals surface area (Å²) in [7, 11) is 0. The van der Waals surface area contributed by atoms with E-state index in [1.807, 2.05) is 12.1 Å². The maximum absolute atomic E-state index is 12.6. The predicted molar refractivity (Wildman–Crippen MR) is 88.6 cm³/mol. The molecule has 3 heteroatoms. The number of aliphatic imine (C=N–C) groups is 1. The summed E-state index contributed by atoms with van der Waals surface area (Å²) >= 11 is 0. The lowest BCUT2D eigenvalue weighted by Gasteiger charge is -2.30. The molecule has 1 aliphatic carbocycles. The van der Waals surface area contributed by atoms with E-state index in [0.717, 1.165) is 36.1 Å². The van der Waals surface area contributed by atoms with Crippen molar-refractivity contribution in [3.05, 3.63) is 29.3 Å². The monoisotopic (exact) mass is 299 g/mol. The minimum Gasteiger partial charge on any atom is -0.508 e. The van der Waals surface area contributed by atoms with Gasteiger partial charge in [-0.1, -0.05) is 19.3 Å². The second kappa shape index (κ2) is 5.86. The third kappa shape index (κ3) is 3.23. The van der Waals surface area contributed by atoms with Crippen LogP contribution in [-0.2, 0) is 11.2 Å². The van der Waals surface area contributed by atoms with Gasteiger partial charge in [0.1, 0.15) is 11.5 Å². The van der Waals surface area contributed by atoms with E-state index >= 15 is 0 Å². The molecule has 1 N–H and O–H groups in total. The number of fused-ring (bicyclic) bond motifs is 1. The van der Waals surface area contributed by atoms with E-state index < -0.39 is 0 Å². The Morgan fingerprint density at radius 2 is 2.00 bits per heavy atom. The van der Waals surface area contributed by atoms with E-state index in [1.54, 1.807) is 6.07 Å². The van der Waals surface area contributed by atoms with Gasteiger partial charge < -0.3 is 5.11 Å². The SMILES string of the molecule is CC1(C)Cc2cc(O)ccc2C(CC(=O)C2CCCCC2)=N1. The number of carbonyl (C=O) groups is 1. The lowest BCUT2D eigenvalue weighted by molar-refractivity contribution is -0.122. The number of Topliss-reactive ketones (excluding diaryl/α,β-unsaturated/α-hetero) is 1. The lowest BCUT2D eigenvalue weighted by Crippen LogP contribution is -2.31. The van der Waals surface area contributed by atoms with Crippen molar-refractivity contribution >= 4 is 11.5 Å². The highest BCUT2D eigenvalue weighted by Gasteiger charge is 2.29. The Balaban J connectivity index is 1.85. The van der Waals surface area contributed by atoms with Crippen LogP contribution in [0.1, 0.15) is 63.5 Å². The van der Waals surface area contributed by atoms with Crippen LogP contribution >= 0.6 is 0 Å². The van der Waals surface area contributed by atoms with Gasteiger partial charge in [-0.2, -0.15) is 0 Å². The fraction of sp³-hybridized carbons (Fsp3) is 0.579. The normalized spacial score (nSPS) is 21.1. The Kier molecular flexibility index (Phi) is 4.07. The lowest BCUT2D eigenvalue weighted by atomic mass is 9.81. The second-order valence-corrected chi connectivity index (χ2v) is 7.37. The fourth-order valence-corrected chi connectivity index (χ4v) is 3.81. The maximum Gasteiger partial charge on any atom is 0.141 e. The number of aromatic hydroxyl groups is 1. The number of phenols is 1. The van der Waals surface area contributed by atoms with Gasteiger partial charge in [-0.05, 0) is 62.4 Å². The molecule has 1 heterocycles. The standard InChI is InChI=1S/C19H25NO2/c1-19(2)12-14-10-15(21)8-9-16(14)17(20-19)11-18(22)13-6-4-3-5-7-13/h8-10,13,21H,3-7,11-12H2,1-2H3. The van der Waals surface area contributed by atoms with E-state index in [4.69, 9.17) is 4.99 Å². The van der Waals surface area contributed by atoms with Crippen LogP contribution in [0.25, 0.3) is 0 Å². The molecule has 22 heavy (non-hydrogen) atoms. The average Bonchev–Trinajstić information content (AvgIpc) is 2.46. The van der Waals surface area contributed by atoms with Gasteiger partial charge in [0.2, 0.25) is 0 Å². The van der Waals surface area contributed by atoms with Crippen LogP contribution in [0.2, 0.25) is 0 Å². The zero-order valence-corrected chi connectivity index (χ0v) is 13.6. The summed E-state index contributed by atoms with van der Waals surface area (Å²) in [5, 5.41) is 9.72. The predicted octanol–water partition coefficient (Wildman–Crippen LogP) is 4.06. The van der Waals surface area contributed by atoms with Gasteiger partial charge >= 0.3 is 0 Å². The van der Waals surface area contributed by atoms with Crippen molar-refractivity contribution < 1.29 is 9.90 Å². The molecule has 0 atom stereocenters. The minimum atomic E-state index is -0.205. The molecule has 118 valence electrons. The Morgan fingerprint density at radius 3 is 2.73 bits per heavy atom. The van der Waals surface area contributed by atoms with Gasteiger partial charge in [0.25, 0.3) is 0 Å². The van der Waals surface area contributed by atoms with Gasteiger partial charge in [-0.25, -0.2) is 0 Å². The first-order valence-corrected chi connectivity index (χ1v) is 8.38. The molecule has 1 aliphatic heterocycles. The Bertz CT molecular complexity index is 610. The molecule has 0 unspecified atom stereocenters. The average molecular weight is 299 g/mol. The first-order valence-electron chi connectivity index (χ1n) is 8.38. The highest BCUT2D eigenvalue weighted by atomic mass is 16.3. The minimum absolute atomic E-state index is 0.205. The molecule has 1 aromatic rings. The van der Waals surface area contributed by atoms with Crippen molar-refractivity contribution in [3.63, 3.8) is 0 Å². The number of hydrogen-bond donors (Lipinski definition) is 1. The van der Waals surface area contributed by atoms with Crippen LogP contribution < -0.4 is 0 Å². The van der Waals surface area contributed by atoms with Crippen molar-refractivity contribution in [3.8, 4) is 5.75 Å². The second-order valence-electron chi connectivity index (χ2n) is 7.37. The van der Waals surface area contributed by atoms with E-state index in [-0.39, 0.29) is 17.2 Å². The summed E-state index contributed by atoms with van der Waals surface area (Å²) in [5.74, 6) is 0.853.